The van der Waals surface area contributed by atoms with Crippen molar-refractivity contribution in [1.82, 2.24) is 10.9 Å². The van der Waals surface area contributed by atoms with Crippen LogP contribution in [0.3, 0.4) is 0 Å². The number of hydrazone groups is 2. The van der Waals surface area contributed by atoms with Crippen LogP contribution in [0.2, 0.25) is 0 Å². The summed E-state index contributed by atoms with van der Waals surface area (Å²) in [4.78, 5) is 56.7. The number of carboxylic acid groups (broad SMARTS) is 4. The summed E-state index contributed by atoms with van der Waals surface area (Å²) in [6.07, 6.45) is 2.60. The quantitative estimate of drug-likeness (QED) is 0.143. The van der Waals surface area contributed by atoms with Gasteiger partial charge in [0.05, 0.1) is 25.6 Å². The molecule has 4 N–H and O–H groups in total. The van der Waals surface area contributed by atoms with E-state index in [0.717, 1.165) is 41.9 Å². The van der Waals surface area contributed by atoms with Crippen molar-refractivity contribution in [3.05, 3.63) is 47.5 Å². The molecule has 0 aliphatic rings. The molecule has 0 aliphatic heterocycles. The summed E-state index contributed by atoms with van der Waals surface area (Å²) >= 11 is 0. The normalized spacial score (nSPS) is 8.22. The minimum atomic E-state index is -1.08. The van der Waals surface area contributed by atoms with E-state index in [0.29, 0.717) is 24.3 Å². The number of benzene rings is 2. The van der Waals surface area contributed by atoms with Crippen LogP contribution < -0.4 is 51.0 Å². The summed E-state index contributed by atoms with van der Waals surface area (Å²) in [6.45, 7) is 11.0. The maximum atomic E-state index is 11.7. The third kappa shape index (κ3) is 60.5. The Labute approximate surface area is 378 Å². The van der Waals surface area contributed by atoms with Gasteiger partial charge >= 0.3 is 79.9 Å². The molecule has 2 rings (SSSR count). The number of aliphatic hydroxyl groups is 2. The summed E-state index contributed by atoms with van der Waals surface area (Å²) in [5, 5.41) is 80.2. The molecular weight excluding hydrogens is 1010 g/mol. The Morgan fingerprint density at radius 1 is 0.574 bits per heavy atom. The fourth-order valence-corrected chi connectivity index (χ4v) is 2.19. The van der Waals surface area contributed by atoms with Crippen molar-refractivity contribution in [3.8, 4) is 23.0 Å². The number of nitrogens with zero attached hydrogens (tertiary/aromatic N) is 2. The van der Waals surface area contributed by atoms with Crippen molar-refractivity contribution >= 4 is 48.1 Å². The van der Waals surface area contributed by atoms with E-state index >= 15 is 0 Å². The van der Waals surface area contributed by atoms with Gasteiger partial charge in [-0.25, -0.2) is 10.9 Å². The third-order valence-electron chi connectivity index (χ3n) is 3.47. The van der Waals surface area contributed by atoms with Crippen LogP contribution in [0, 0.1) is 79.9 Å². The van der Waals surface area contributed by atoms with E-state index in [-0.39, 0.29) is 115 Å². The number of nitrogens with one attached hydrogen (secondary N) is 2. The number of rotatable bonds is 8. The average Bonchev–Trinajstić information content (AvgIpc) is 3.02. The van der Waals surface area contributed by atoms with E-state index in [4.69, 9.17) is 59.3 Å². The molecule has 2 aromatic carbocycles. The Morgan fingerprint density at radius 2 is 0.796 bits per heavy atom. The van der Waals surface area contributed by atoms with Crippen LogP contribution >= 0.6 is 0 Å². The van der Waals surface area contributed by atoms with Crippen molar-refractivity contribution in [2.75, 3.05) is 27.4 Å². The summed E-state index contributed by atoms with van der Waals surface area (Å²) in [7, 11) is 2.00. The molecular formula is C32H46Gd2N4O16. The van der Waals surface area contributed by atoms with Gasteiger partial charge in [-0.2, -0.15) is 10.2 Å². The molecule has 0 saturated heterocycles. The molecule has 0 unspecified atom stereocenters. The average molecular weight is 1060 g/mol. The van der Waals surface area contributed by atoms with Crippen LogP contribution in [0.4, 0.5) is 0 Å². The molecule has 0 fully saturated rings. The van der Waals surface area contributed by atoms with Gasteiger partial charge < -0.3 is 69.5 Å². The summed E-state index contributed by atoms with van der Waals surface area (Å²) in [6, 6.07) is 9.80. The van der Waals surface area contributed by atoms with Gasteiger partial charge in [-0.15, -0.1) is 0 Å². The maximum Gasteiger partial charge on any atom is 3.00 e. The topological polar surface area (TPSA) is 348 Å². The number of amides is 2. The molecule has 2 radical (unpaired) electrons. The number of ether oxygens (including phenoxy) is 2. The Kier molecular flexibility index (Phi) is 62.5. The Morgan fingerprint density at radius 3 is 0.981 bits per heavy atom. The second-order valence-corrected chi connectivity index (χ2v) is 8.03. The molecule has 0 aliphatic carbocycles. The van der Waals surface area contributed by atoms with Gasteiger partial charge in [0.25, 0.3) is 0 Å². The molecule has 22 heteroatoms. The van der Waals surface area contributed by atoms with E-state index in [2.05, 4.69) is 21.1 Å². The first-order valence-corrected chi connectivity index (χ1v) is 14.3. The van der Waals surface area contributed by atoms with Crippen molar-refractivity contribution < 1.29 is 159 Å². The standard InChI is InChI=1S/2C11H14N2O3.4C2H4O2.2CH4O.2Gd/c2*1-3-16-10-6-4-5-9(11(10)15)7-12-13-8(2)14;4*1-2(3)4;2*1-2;;/h2*4-7,15H,3H2,1-2H3,(H,13,14);4*1H3,(H,3,4);2*2H,1H3;;/q;;;;;;;;2*+3/p-6/b2*12-7+;;;;;;;;. The Hall–Kier alpha value is -3.63. The number of para-hydroxylation sites is 2. The molecule has 0 atom stereocenters. The summed E-state index contributed by atoms with van der Waals surface area (Å²) in [5.41, 5.74) is 5.20. The number of carbonyl (C=O) groups is 6. The van der Waals surface area contributed by atoms with Crippen LogP contribution in [0.1, 0.15) is 66.5 Å². The molecule has 20 nitrogen and oxygen atoms in total. The minimum absolute atomic E-state index is 0. The maximum absolute atomic E-state index is 11.7. The Balaban J connectivity index is -0.0000000859. The smallest absolute Gasteiger partial charge is 0.870 e. The molecule has 0 spiro atoms. The molecule has 0 heterocycles. The molecule has 2 amide bonds. The van der Waals surface area contributed by atoms with E-state index in [9.17, 15) is 19.8 Å². The van der Waals surface area contributed by atoms with Crippen molar-refractivity contribution in [2.24, 2.45) is 10.2 Å². The van der Waals surface area contributed by atoms with Crippen molar-refractivity contribution in [1.29, 1.82) is 0 Å². The summed E-state index contributed by atoms with van der Waals surface area (Å²) < 4.78 is 10.3. The number of hydrogen-bond acceptors (Lipinski definition) is 18. The van der Waals surface area contributed by atoms with Gasteiger partial charge in [-0.1, -0.05) is 35.8 Å². The molecule has 0 saturated carbocycles. The molecule has 2 aromatic rings. The van der Waals surface area contributed by atoms with Crippen LogP contribution in [0.5, 0.6) is 23.0 Å². The van der Waals surface area contributed by atoms with Crippen LogP contribution in [0.15, 0.2) is 46.6 Å². The first-order valence-electron chi connectivity index (χ1n) is 14.3. The molecule has 54 heavy (non-hydrogen) atoms. The molecule has 0 aromatic heterocycles. The minimum Gasteiger partial charge on any atom is -0.870 e. The van der Waals surface area contributed by atoms with Crippen molar-refractivity contribution in [2.45, 2.75) is 55.4 Å². The largest absolute Gasteiger partial charge is 3.00 e. The Bertz CT molecular complexity index is 1220. The van der Waals surface area contributed by atoms with Gasteiger partial charge in [-0.3, -0.25) is 9.59 Å². The second kappa shape index (κ2) is 49.4. The van der Waals surface area contributed by atoms with Gasteiger partial charge in [0.2, 0.25) is 11.8 Å². The number of aliphatic hydroxyl groups excluding tert-OH is 2. The summed E-state index contributed by atoms with van der Waals surface area (Å²) in [5.74, 6) is -4.81. The zero-order valence-electron chi connectivity index (χ0n) is 31.2. The number of aliphatic carboxylic acids is 4. The zero-order chi connectivity index (χ0) is 42.2. The van der Waals surface area contributed by atoms with Gasteiger partial charge in [0.1, 0.15) is 11.5 Å². The van der Waals surface area contributed by atoms with E-state index < -0.39 is 23.9 Å². The fraction of sp³-hybridized carbons (Fsp3) is 0.375. The van der Waals surface area contributed by atoms with Crippen LogP contribution in [-0.4, -0.2) is 85.8 Å². The van der Waals surface area contributed by atoms with Gasteiger partial charge in [0, 0.05) is 51.9 Å². The zero-order valence-corrected chi connectivity index (χ0v) is 35.8. The van der Waals surface area contributed by atoms with E-state index in [1.54, 1.807) is 50.2 Å². The molecule has 306 valence electrons. The first kappa shape index (κ1) is 68.4. The number of carboxylic acids is 4. The molecule has 0 bridgehead atoms. The predicted octanol–water partition coefficient (Wildman–Crippen LogP) is -4.50. The van der Waals surface area contributed by atoms with Gasteiger partial charge in [0.15, 0.2) is 0 Å². The number of hydrogen-bond donors (Lipinski definition) is 4. The van der Waals surface area contributed by atoms with Crippen LogP contribution in [0.25, 0.3) is 0 Å². The first-order chi connectivity index (χ1) is 24.2. The monoisotopic (exact) mass is 1060 g/mol. The fourth-order valence-electron chi connectivity index (χ4n) is 2.19. The SMILES string of the molecule is CC(=O)[O-].CC(=O)[O-].CC(=O)[O-].CC(=O)[O-].CCOc1cccc(/C=N/NC(C)=O)c1[O-].CCOc1cccc(/C=N/NC(C)=O)c1[O-].CO.CO.[Gd+3].[Gd+3]. The van der Waals surface area contributed by atoms with Gasteiger partial charge in [-0.05, 0) is 64.8 Å². The third-order valence-corrected chi connectivity index (χ3v) is 3.47. The van der Waals surface area contributed by atoms with Crippen LogP contribution in [-0.2, 0) is 28.8 Å². The van der Waals surface area contributed by atoms with Crippen molar-refractivity contribution in [3.63, 3.8) is 0 Å². The number of carbonyl (C=O) groups excluding carboxylic acids is 6. The van der Waals surface area contributed by atoms with E-state index in [1.165, 1.54) is 26.3 Å². The predicted molar refractivity (Wildman–Crippen MR) is 176 cm³/mol. The van der Waals surface area contributed by atoms with E-state index in [1.807, 2.05) is 0 Å². The second-order valence-electron chi connectivity index (χ2n) is 8.03.